The molecule has 1 aromatic heterocycles. The number of hydrogen-bond donors (Lipinski definition) is 1. The van der Waals surface area contributed by atoms with E-state index in [1.165, 1.54) is 17.3 Å². The highest BCUT2D eigenvalue weighted by Gasteiger charge is 2.34. The summed E-state index contributed by atoms with van der Waals surface area (Å²) < 4.78 is 7.10. The quantitative estimate of drug-likeness (QED) is 0.775. The number of fused-ring (bicyclic) bond motifs is 1. The molecule has 2 aliphatic rings. The van der Waals surface area contributed by atoms with Crippen molar-refractivity contribution in [3.05, 3.63) is 40.9 Å². The van der Waals surface area contributed by atoms with E-state index in [1.807, 2.05) is 17.0 Å². The minimum Gasteiger partial charge on any atom is -0.461 e. The summed E-state index contributed by atoms with van der Waals surface area (Å²) in [6.07, 6.45) is 8.04. The Kier molecular flexibility index (Phi) is 5.96. The minimum absolute atomic E-state index is 0.0743. The van der Waals surface area contributed by atoms with Crippen molar-refractivity contribution in [2.75, 3.05) is 19.6 Å². The van der Waals surface area contributed by atoms with Gasteiger partial charge >= 0.3 is 5.97 Å². The summed E-state index contributed by atoms with van der Waals surface area (Å²) in [5.41, 5.74) is -0.452. The number of carbonyl (C=O) groups is 1. The number of benzene rings is 1. The Morgan fingerprint density at radius 1 is 1.17 bits per heavy atom. The lowest BCUT2D eigenvalue weighted by Crippen LogP contribution is -2.49. The van der Waals surface area contributed by atoms with Crippen molar-refractivity contribution in [1.82, 2.24) is 14.5 Å². The summed E-state index contributed by atoms with van der Waals surface area (Å²) in [6.45, 7) is 1.69. The number of carbonyl (C=O) groups excluding carboxylic acids is 1. The molecule has 1 saturated carbocycles. The number of piperidine rings is 1. The van der Waals surface area contributed by atoms with E-state index in [2.05, 4.69) is 4.98 Å². The van der Waals surface area contributed by atoms with Crippen LogP contribution in [-0.2, 0) is 16.1 Å². The summed E-state index contributed by atoms with van der Waals surface area (Å²) in [6, 6.07) is 7.23. The number of likely N-dealkylation sites (tertiary alicyclic amines) is 1. The van der Waals surface area contributed by atoms with E-state index in [1.54, 1.807) is 12.1 Å². The van der Waals surface area contributed by atoms with Crippen molar-refractivity contribution >= 4 is 16.9 Å². The van der Waals surface area contributed by atoms with Crippen LogP contribution in [0.4, 0.5) is 0 Å². The number of aliphatic hydroxyl groups is 1. The molecule has 0 radical (unpaired) electrons. The fraction of sp³-hybridized carbons (Fsp3) is 0.591. The molecule has 4 rings (SSSR count). The fourth-order valence-corrected chi connectivity index (χ4v) is 4.41. The van der Waals surface area contributed by atoms with E-state index in [9.17, 15) is 14.7 Å². The number of esters is 1. The summed E-state index contributed by atoms with van der Waals surface area (Å²) in [5, 5.41) is 11.6. The van der Waals surface area contributed by atoms with Crippen molar-refractivity contribution in [3.8, 4) is 0 Å². The van der Waals surface area contributed by atoms with Gasteiger partial charge in [0, 0.05) is 13.1 Å². The van der Waals surface area contributed by atoms with Crippen molar-refractivity contribution in [2.45, 2.75) is 63.2 Å². The van der Waals surface area contributed by atoms with Crippen LogP contribution < -0.4 is 5.56 Å². The molecule has 2 heterocycles. The van der Waals surface area contributed by atoms with E-state index in [0.717, 1.165) is 25.7 Å². The largest absolute Gasteiger partial charge is 0.461 e. The van der Waals surface area contributed by atoms with Gasteiger partial charge in [-0.15, -0.1) is 0 Å². The maximum Gasteiger partial charge on any atom is 0.320 e. The third-order valence-corrected chi connectivity index (χ3v) is 6.19. The third kappa shape index (κ3) is 4.85. The Morgan fingerprint density at radius 3 is 2.66 bits per heavy atom. The van der Waals surface area contributed by atoms with Crippen LogP contribution in [-0.4, -0.2) is 56.9 Å². The number of aromatic nitrogens is 2. The standard InChI is InChI=1S/C22H29N3O4/c26-20(29-17-6-2-1-3-7-17)14-24-12-10-22(28,11-13-24)15-25-16-23-19-9-5-4-8-18(19)21(25)27/h4-5,8-9,16-17,28H,1-3,6-7,10-15H2. The lowest BCUT2D eigenvalue weighted by molar-refractivity contribution is -0.153. The van der Waals surface area contributed by atoms with Crippen LogP contribution in [0.5, 0.6) is 0 Å². The number of hydrogen-bond acceptors (Lipinski definition) is 6. The van der Waals surface area contributed by atoms with Crippen LogP contribution in [0.25, 0.3) is 10.9 Å². The molecule has 1 N–H and O–H groups in total. The molecule has 1 aliphatic heterocycles. The predicted octanol–water partition coefficient (Wildman–Crippen LogP) is 2.10. The van der Waals surface area contributed by atoms with Gasteiger partial charge in [-0.05, 0) is 50.7 Å². The van der Waals surface area contributed by atoms with E-state index in [0.29, 0.717) is 36.8 Å². The van der Waals surface area contributed by atoms with E-state index < -0.39 is 5.60 Å². The zero-order valence-electron chi connectivity index (χ0n) is 16.8. The smallest absolute Gasteiger partial charge is 0.320 e. The Labute approximate surface area is 170 Å². The summed E-state index contributed by atoms with van der Waals surface area (Å²) in [5.74, 6) is -0.169. The highest BCUT2D eigenvalue weighted by Crippen LogP contribution is 2.25. The van der Waals surface area contributed by atoms with Gasteiger partial charge in [-0.3, -0.25) is 19.1 Å². The first-order valence-electron chi connectivity index (χ1n) is 10.6. The van der Waals surface area contributed by atoms with Crippen LogP contribution in [0.3, 0.4) is 0 Å². The zero-order valence-corrected chi connectivity index (χ0v) is 16.8. The van der Waals surface area contributed by atoms with Crippen molar-refractivity contribution < 1.29 is 14.6 Å². The monoisotopic (exact) mass is 399 g/mol. The van der Waals surface area contributed by atoms with Gasteiger partial charge in [0.05, 0.1) is 35.9 Å². The van der Waals surface area contributed by atoms with Gasteiger partial charge in [-0.1, -0.05) is 18.6 Å². The second-order valence-corrected chi connectivity index (χ2v) is 8.45. The summed E-state index contributed by atoms with van der Waals surface area (Å²) in [7, 11) is 0. The Bertz CT molecular complexity index is 912. The lowest BCUT2D eigenvalue weighted by Gasteiger charge is -2.38. The second kappa shape index (κ2) is 8.63. The fourth-order valence-electron chi connectivity index (χ4n) is 4.41. The number of rotatable bonds is 5. The first kappa shape index (κ1) is 20.0. The topological polar surface area (TPSA) is 84.7 Å². The van der Waals surface area contributed by atoms with E-state index >= 15 is 0 Å². The molecular weight excluding hydrogens is 370 g/mol. The molecule has 1 saturated heterocycles. The van der Waals surface area contributed by atoms with E-state index in [-0.39, 0.29) is 30.7 Å². The molecule has 7 heteroatoms. The average Bonchev–Trinajstić information content (AvgIpc) is 2.73. The first-order chi connectivity index (χ1) is 14.0. The number of nitrogens with zero attached hydrogens (tertiary/aromatic N) is 3. The van der Waals surface area contributed by atoms with Crippen molar-refractivity contribution in [2.24, 2.45) is 0 Å². The Hall–Kier alpha value is -2.25. The van der Waals surface area contributed by atoms with Crippen LogP contribution in [0, 0.1) is 0 Å². The molecule has 0 spiro atoms. The number of ether oxygens (including phenoxy) is 1. The Balaban J connectivity index is 1.32. The van der Waals surface area contributed by atoms with Crippen LogP contribution in [0.1, 0.15) is 44.9 Å². The maximum absolute atomic E-state index is 12.7. The predicted molar refractivity (Wildman–Crippen MR) is 110 cm³/mol. The molecule has 156 valence electrons. The van der Waals surface area contributed by atoms with Gasteiger partial charge in [-0.25, -0.2) is 4.98 Å². The molecule has 0 amide bonds. The molecule has 1 aromatic carbocycles. The molecule has 7 nitrogen and oxygen atoms in total. The highest BCUT2D eigenvalue weighted by atomic mass is 16.5. The molecule has 0 bridgehead atoms. The Morgan fingerprint density at radius 2 is 1.90 bits per heavy atom. The van der Waals surface area contributed by atoms with Gasteiger partial charge in [0.1, 0.15) is 6.10 Å². The molecular formula is C22H29N3O4. The van der Waals surface area contributed by atoms with Crippen LogP contribution in [0.2, 0.25) is 0 Å². The molecule has 2 fully saturated rings. The van der Waals surface area contributed by atoms with Gasteiger partial charge < -0.3 is 9.84 Å². The summed E-state index contributed by atoms with van der Waals surface area (Å²) in [4.78, 5) is 31.3. The van der Waals surface area contributed by atoms with Gasteiger partial charge in [0.25, 0.3) is 5.56 Å². The SMILES string of the molecule is O=C(CN1CCC(O)(Cn2cnc3ccccc3c2=O)CC1)OC1CCCCC1. The van der Waals surface area contributed by atoms with E-state index in [4.69, 9.17) is 4.74 Å². The van der Waals surface area contributed by atoms with Crippen LogP contribution >= 0.6 is 0 Å². The van der Waals surface area contributed by atoms with Gasteiger partial charge in [0.2, 0.25) is 0 Å². The van der Waals surface area contributed by atoms with Crippen molar-refractivity contribution in [1.29, 1.82) is 0 Å². The van der Waals surface area contributed by atoms with Crippen LogP contribution in [0.15, 0.2) is 35.4 Å². The van der Waals surface area contributed by atoms with Gasteiger partial charge in [-0.2, -0.15) is 0 Å². The highest BCUT2D eigenvalue weighted by molar-refractivity contribution is 5.76. The molecule has 0 unspecified atom stereocenters. The molecule has 0 atom stereocenters. The molecule has 29 heavy (non-hydrogen) atoms. The molecule has 1 aliphatic carbocycles. The lowest BCUT2D eigenvalue weighted by atomic mass is 9.91. The normalized spacial score (nSPS) is 20.6. The average molecular weight is 399 g/mol. The summed E-state index contributed by atoms with van der Waals surface area (Å²) >= 11 is 0. The second-order valence-electron chi connectivity index (χ2n) is 8.45. The maximum atomic E-state index is 12.7. The zero-order chi connectivity index (χ0) is 20.3. The third-order valence-electron chi connectivity index (χ3n) is 6.19. The minimum atomic E-state index is -0.974. The van der Waals surface area contributed by atoms with Crippen molar-refractivity contribution in [3.63, 3.8) is 0 Å². The number of para-hydroxylation sites is 1. The molecule has 2 aromatic rings. The first-order valence-corrected chi connectivity index (χ1v) is 10.6. The van der Waals surface area contributed by atoms with Gasteiger partial charge in [0.15, 0.2) is 0 Å².